The van der Waals surface area contributed by atoms with Crippen LogP contribution in [0.5, 0.6) is 11.5 Å². The van der Waals surface area contributed by atoms with Crippen LogP contribution in [0.1, 0.15) is 78.0 Å². The summed E-state index contributed by atoms with van der Waals surface area (Å²) in [5, 5.41) is 0. The molecule has 7 nitrogen and oxygen atoms in total. The summed E-state index contributed by atoms with van der Waals surface area (Å²) in [4.78, 5) is 14.7. The van der Waals surface area contributed by atoms with Crippen molar-refractivity contribution in [3.05, 3.63) is 71.3 Å². The van der Waals surface area contributed by atoms with Crippen LogP contribution in [0, 0.1) is 5.92 Å². The first kappa shape index (κ1) is 29.5. The van der Waals surface area contributed by atoms with Crippen molar-refractivity contribution < 1.29 is 28.5 Å². The predicted octanol–water partition coefficient (Wildman–Crippen LogP) is 7.25. The number of rotatable bonds is 6. The lowest BCUT2D eigenvalue weighted by molar-refractivity contribution is -0.231. The van der Waals surface area contributed by atoms with E-state index < -0.39 is 16.8 Å². The molecule has 0 saturated carbocycles. The maximum absolute atomic E-state index is 13.0. The zero-order valence-corrected chi connectivity index (χ0v) is 25.4. The van der Waals surface area contributed by atoms with Crippen molar-refractivity contribution >= 4 is 6.09 Å². The SMILES string of the molecule is CC(C)=CCC[C@@]1(C)Oc2cc(OCc3ccccc3)ccc2[C@H]2OC[C@@]3(C[C@@H]21)CN(C(=O)OC(C)(C)C)CCO3. The third kappa shape index (κ3) is 6.90. The van der Waals surface area contributed by atoms with Crippen molar-refractivity contribution in [1.82, 2.24) is 4.90 Å². The number of carbonyl (C=O) groups excluding carboxylic acids is 1. The Bertz CT molecular complexity index is 1250. The first-order chi connectivity index (χ1) is 19.5. The van der Waals surface area contributed by atoms with Crippen LogP contribution < -0.4 is 9.47 Å². The molecule has 0 aromatic heterocycles. The van der Waals surface area contributed by atoms with Gasteiger partial charge in [-0.15, -0.1) is 0 Å². The van der Waals surface area contributed by atoms with Crippen LogP contribution in [0.15, 0.2) is 60.2 Å². The zero-order chi connectivity index (χ0) is 29.3. The van der Waals surface area contributed by atoms with Crippen molar-refractivity contribution in [1.29, 1.82) is 0 Å². The fourth-order valence-electron chi connectivity index (χ4n) is 6.18. The summed E-state index contributed by atoms with van der Waals surface area (Å²) in [5.74, 6) is 1.63. The Labute approximate surface area is 244 Å². The highest BCUT2D eigenvalue weighted by Gasteiger charge is 2.55. The number of nitrogens with zero attached hydrogens (tertiary/aromatic N) is 1. The molecule has 41 heavy (non-hydrogen) atoms. The van der Waals surface area contributed by atoms with Gasteiger partial charge >= 0.3 is 6.09 Å². The molecule has 0 aliphatic carbocycles. The van der Waals surface area contributed by atoms with Crippen molar-refractivity contribution in [3.63, 3.8) is 0 Å². The topological polar surface area (TPSA) is 66.5 Å². The molecule has 222 valence electrons. The number of morpholine rings is 1. The lowest BCUT2D eigenvalue weighted by Gasteiger charge is -2.55. The van der Waals surface area contributed by atoms with Gasteiger partial charge in [-0.1, -0.05) is 42.0 Å². The van der Waals surface area contributed by atoms with Gasteiger partial charge in [-0.05, 0) is 78.5 Å². The molecule has 0 unspecified atom stereocenters. The number of hydrogen-bond acceptors (Lipinski definition) is 6. The molecule has 3 heterocycles. The van der Waals surface area contributed by atoms with Crippen molar-refractivity contribution in [2.45, 2.75) is 90.3 Å². The second-order valence-electron chi connectivity index (χ2n) is 13.2. The minimum absolute atomic E-state index is 0.0454. The number of allylic oxidation sites excluding steroid dienone is 2. The molecule has 2 aromatic rings. The molecule has 4 atom stereocenters. The second kappa shape index (κ2) is 11.7. The largest absolute Gasteiger partial charge is 0.489 e. The van der Waals surface area contributed by atoms with Crippen LogP contribution in [0.3, 0.4) is 0 Å². The molecule has 3 aliphatic rings. The zero-order valence-electron chi connectivity index (χ0n) is 25.4. The van der Waals surface area contributed by atoms with Crippen molar-refractivity contribution in [2.24, 2.45) is 5.92 Å². The minimum atomic E-state index is -0.603. The van der Waals surface area contributed by atoms with Gasteiger partial charge < -0.3 is 28.6 Å². The summed E-state index contributed by atoms with van der Waals surface area (Å²) in [5.41, 5.74) is 1.80. The molecule has 1 amide bonds. The molecule has 1 spiro atoms. The normalized spacial score (nSPS) is 27.3. The Morgan fingerprint density at radius 2 is 1.93 bits per heavy atom. The fourth-order valence-corrected chi connectivity index (χ4v) is 6.18. The molecule has 0 radical (unpaired) electrons. The third-order valence-corrected chi connectivity index (χ3v) is 8.24. The minimum Gasteiger partial charge on any atom is -0.489 e. The average molecular weight is 564 g/mol. The quantitative estimate of drug-likeness (QED) is 0.345. The van der Waals surface area contributed by atoms with E-state index >= 15 is 0 Å². The molecular weight excluding hydrogens is 518 g/mol. The lowest BCUT2D eigenvalue weighted by atomic mass is 9.69. The van der Waals surface area contributed by atoms with Gasteiger partial charge in [0.2, 0.25) is 0 Å². The lowest BCUT2D eigenvalue weighted by Crippen LogP contribution is -2.63. The highest BCUT2D eigenvalue weighted by molar-refractivity contribution is 5.68. The maximum Gasteiger partial charge on any atom is 0.410 e. The van der Waals surface area contributed by atoms with Gasteiger partial charge in [0.05, 0.1) is 25.9 Å². The number of amides is 1. The third-order valence-electron chi connectivity index (χ3n) is 8.24. The number of ether oxygens (including phenoxy) is 5. The first-order valence-corrected chi connectivity index (χ1v) is 14.8. The fraction of sp³-hybridized carbons (Fsp3) is 0.559. The Balaban J connectivity index is 1.39. The van der Waals surface area contributed by atoms with E-state index in [0.29, 0.717) is 32.9 Å². The maximum atomic E-state index is 13.0. The molecule has 3 aliphatic heterocycles. The van der Waals surface area contributed by atoms with Crippen LogP contribution in [-0.4, -0.2) is 54.1 Å². The molecule has 5 rings (SSSR count). The number of fused-ring (bicyclic) bond motifs is 3. The van der Waals surface area contributed by atoms with Gasteiger partial charge in [0.25, 0.3) is 0 Å². The standard InChI is InChI=1S/C34H45NO6/c1-24(2)11-10-16-33(6)28-20-34(22-35(17-18-39-34)31(36)41-32(3,4)5)23-38-30(28)27-15-14-26(19-29(27)40-33)37-21-25-12-8-7-9-13-25/h7-9,11-15,19,28,30H,10,16-18,20-23H2,1-6H3/t28-,30+,33+,34+/m0/s1. The number of hydrogen-bond donors (Lipinski definition) is 0. The summed E-state index contributed by atoms with van der Waals surface area (Å²) in [6.07, 6.45) is 4.29. The Morgan fingerprint density at radius 1 is 1.15 bits per heavy atom. The van der Waals surface area contributed by atoms with Crippen LogP contribution in [0.4, 0.5) is 4.79 Å². The summed E-state index contributed by atoms with van der Waals surface area (Å²) >= 11 is 0. The van der Waals surface area contributed by atoms with E-state index in [1.807, 2.05) is 51.1 Å². The molecule has 7 heteroatoms. The molecule has 2 fully saturated rings. The molecule has 0 N–H and O–H groups in total. The second-order valence-corrected chi connectivity index (χ2v) is 13.2. The van der Waals surface area contributed by atoms with Gasteiger partial charge in [-0.3, -0.25) is 0 Å². The van der Waals surface area contributed by atoms with Crippen molar-refractivity contribution in [2.75, 3.05) is 26.3 Å². The first-order valence-electron chi connectivity index (χ1n) is 14.8. The van der Waals surface area contributed by atoms with E-state index in [4.69, 9.17) is 23.7 Å². The average Bonchev–Trinajstić information content (AvgIpc) is 2.91. The van der Waals surface area contributed by atoms with E-state index in [1.165, 1.54) is 5.57 Å². The monoisotopic (exact) mass is 563 g/mol. The molecule has 2 aromatic carbocycles. The predicted molar refractivity (Wildman–Crippen MR) is 158 cm³/mol. The van der Waals surface area contributed by atoms with Crippen LogP contribution in [-0.2, 0) is 20.8 Å². The van der Waals surface area contributed by atoms with E-state index in [9.17, 15) is 4.79 Å². The van der Waals surface area contributed by atoms with Gasteiger partial charge in [0, 0.05) is 24.1 Å². The Kier molecular flexibility index (Phi) is 8.40. The summed E-state index contributed by atoms with van der Waals surface area (Å²) in [6.45, 7) is 14.4. The highest BCUT2D eigenvalue weighted by atomic mass is 16.6. The Hall–Kier alpha value is -3.03. The molecular formula is C34H45NO6. The summed E-state index contributed by atoms with van der Waals surface area (Å²) in [7, 11) is 0. The van der Waals surface area contributed by atoms with E-state index in [1.54, 1.807) is 4.90 Å². The van der Waals surface area contributed by atoms with Crippen LogP contribution >= 0.6 is 0 Å². The van der Waals surface area contributed by atoms with E-state index in [-0.39, 0.29) is 18.1 Å². The van der Waals surface area contributed by atoms with Gasteiger partial charge in [-0.2, -0.15) is 0 Å². The van der Waals surface area contributed by atoms with E-state index in [0.717, 1.165) is 41.9 Å². The van der Waals surface area contributed by atoms with Gasteiger partial charge in [0.1, 0.15) is 34.9 Å². The van der Waals surface area contributed by atoms with Gasteiger partial charge in [-0.25, -0.2) is 4.79 Å². The summed E-state index contributed by atoms with van der Waals surface area (Å²) in [6, 6.07) is 16.2. The number of carbonyl (C=O) groups is 1. The highest BCUT2D eigenvalue weighted by Crippen LogP contribution is 2.54. The van der Waals surface area contributed by atoms with Crippen molar-refractivity contribution in [3.8, 4) is 11.5 Å². The van der Waals surface area contributed by atoms with Crippen LogP contribution in [0.2, 0.25) is 0 Å². The summed E-state index contributed by atoms with van der Waals surface area (Å²) < 4.78 is 31.8. The smallest absolute Gasteiger partial charge is 0.410 e. The molecule has 2 saturated heterocycles. The van der Waals surface area contributed by atoms with E-state index in [2.05, 4.69) is 45.0 Å². The Morgan fingerprint density at radius 3 is 2.66 bits per heavy atom. The van der Waals surface area contributed by atoms with Gasteiger partial charge in [0.15, 0.2) is 0 Å². The molecule has 0 bridgehead atoms. The number of benzene rings is 2. The van der Waals surface area contributed by atoms with Crippen LogP contribution in [0.25, 0.3) is 0 Å².